The first-order valence-corrected chi connectivity index (χ1v) is 6.54. The molecule has 6 heteroatoms. The van der Waals surface area contributed by atoms with Gasteiger partial charge in [0.1, 0.15) is 4.83 Å². The minimum atomic E-state index is -0.140. The number of fused-ring (bicyclic) bond motifs is 3. The first-order chi connectivity index (χ1) is 8.22. The zero-order chi connectivity index (χ0) is 12.0. The van der Waals surface area contributed by atoms with Crippen molar-refractivity contribution in [3.8, 4) is 0 Å². The standard InChI is InChI=1S/C11H14N4OS/c1-13-11-14-9-8(10(16)15(11)12)6-4-2-3-5-7(6)17-9/h2-5,12H2,1H3,(H,13,14). The Labute approximate surface area is 102 Å². The van der Waals surface area contributed by atoms with Crippen molar-refractivity contribution in [1.29, 1.82) is 0 Å². The van der Waals surface area contributed by atoms with E-state index in [2.05, 4.69) is 10.3 Å². The Hall–Kier alpha value is -1.56. The number of nitrogens with one attached hydrogen (secondary N) is 1. The Morgan fingerprint density at radius 2 is 2.18 bits per heavy atom. The fourth-order valence-corrected chi connectivity index (χ4v) is 3.65. The van der Waals surface area contributed by atoms with Gasteiger partial charge in [-0.1, -0.05) is 0 Å². The van der Waals surface area contributed by atoms with E-state index < -0.39 is 0 Å². The number of hydrogen-bond donors (Lipinski definition) is 2. The summed E-state index contributed by atoms with van der Waals surface area (Å²) >= 11 is 1.63. The van der Waals surface area contributed by atoms with Crippen LogP contribution in [0.4, 0.5) is 5.95 Å². The van der Waals surface area contributed by atoms with Crippen LogP contribution in [0.1, 0.15) is 23.3 Å². The van der Waals surface area contributed by atoms with E-state index in [0.29, 0.717) is 5.95 Å². The van der Waals surface area contributed by atoms with E-state index in [1.54, 1.807) is 18.4 Å². The van der Waals surface area contributed by atoms with Gasteiger partial charge >= 0.3 is 0 Å². The molecule has 0 saturated carbocycles. The molecule has 2 heterocycles. The molecule has 90 valence electrons. The monoisotopic (exact) mass is 250 g/mol. The van der Waals surface area contributed by atoms with Crippen LogP contribution in [-0.4, -0.2) is 16.7 Å². The van der Waals surface area contributed by atoms with Crippen molar-refractivity contribution in [1.82, 2.24) is 9.66 Å². The van der Waals surface area contributed by atoms with E-state index in [-0.39, 0.29) is 5.56 Å². The molecule has 1 aliphatic carbocycles. The number of thiophene rings is 1. The van der Waals surface area contributed by atoms with Gasteiger partial charge in [0, 0.05) is 11.9 Å². The number of hydrogen-bond acceptors (Lipinski definition) is 5. The molecule has 2 aromatic rings. The van der Waals surface area contributed by atoms with E-state index in [9.17, 15) is 4.79 Å². The van der Waals surface area contributed by atoms with E-state index in [1.807, 2.05) is 0 Å². The summed E-state index contributed by atoms with van der Waals surface area (Å²) in [5, 5.41) is 3.57. The van der Waals surface area contributed by atoms with Crippen molar-refractivity contribution in [2.75, 3.05) is 18.2 Å². The van der Waals surface area contributed by atoms with Gasteiger partial charge < -0.3 is 11.2 Å². The fraction of sp³-hybridized carbons (Fsp3) is 0.455. The van der Waals surface area contributed by atoms with E-state index in [0.717, 1.165) is 34.2 Å². The smallest absolute Gasteiger partial charge is 0.282 e. The molecule has 0 unspecified atom stereocenters. The van der Waals surface area contributed by atoms with E-state index >= 15 is 0 Å². The fourth-order valence-electron chi connectivity index (χ4n) is 2.39. The number of nitrogens with two attached hydrogens (primary N) is 1. The predicted molar refractivity (Wildman–Crippen MR) is 70.2 cm³/mol. The van der Waals surface area contributed by atoms with Crippen molar-refractivity contribution in [3.05, 3.63) is 20.8 Å². The van der Waals surface area contributed by atoms with Crippen molar-refractivity contribution in [2.24, 2.45) is 0 Å². The Bertz CT molecular complexity index is 643. The second kappa shape index (κ2) is 3.73. The first kappa shape index (κ1) is 10.6. The van der Waals surface area contributed by atoms with Crippen LogP contribution >= 0.6 is 11.3 Å². The number of rotatable bonds is 1. The Morgan fingerprint density at radius 1 is 1.41 bits per heavy atom. The molecule has 0 aliphatic heterocycles. The van der Waals surface area contributed by atoms with E-state index in [4.69, 9.17) is 5.84 Å². The van der Waals surface area contributed by atoms with Gasteiger partial charge in [-0.15, -0.1) is 11.3 Å². The maximum atomic E-state index is 12.2. The molecule has 0 radical (unpaired) electrons. The molecule has 0 fully saturated rings. The predicted octanol–water partition coefficient (Wildman–Crippen LogP) is 1.09. The molecule has 0 saturated heterocycles. The Kier molecular flexibility index (Phi) is 2.32. The number of anilines is 1. The summed E-state index contributed by atoms with van der Waals surface area (Å²) in [7, 11) is 1.71. The van der Waals surface area contributed by atoms with Crippen LogP contribution in [-0.2, 0) is 12.8 Å². The third kappa shape index (κ3) is 1.44. The molecular formula is C11H14N4OS. The summed E-state index contributed by atoms with van der Waals surface area (Å²) in [5.41, 5.74) is 1.04. The van der Waals surface area contributed by atoms with Crippen LogP contribution in [0.25, 0.3) is 10.2 Å². The quantitative estimate of drug-likeness (QED) is 0.743. The SMILES string of the molecule is CNc1nc2sc3c(c2c(=O)n1N)CCCC3. The third-order valence-corrected chi connectivity index (χ3v) is 4.43. The highest BCUT2D eigenvalue weighted by molar-refractivity contribution is 7.18. The molecule has 17 heavy (non-hydrogen) atoms. The van der Waals surface area contributed by atoms with Crippen LogP contribution in [0.2, 0.25) is 0 Å². The van der Waals surface area contributed by atoms with Gasteiger partial charge in [-0.05, 0) is 31.2 Å². The molecule has 2 aromatic heterocycles. The lowest BCUT2D eigenvalue weighted by Crippen LogP contribution is -2.30. The van der Waals surface area contributed by atoms with Crippen molar-refractivity contribution < 1.29 is 0 Å². The first-order valence-electron chi connectivity index (χ1n) is 5.72. The van der Waals surface area contributed by atoms with Gasteiger partial charge in [0.2, 0.25) is 5.95 Å². The van der Waals surface area contributed by atoms with Crippen LogP contribution in [0.15, 0.2) is 4.79 Å². The van der Waals surface area contributed by atoms with Crippen molar-refractivity contribution in [2.45, 2.75) is 25.7 Å². The zero-order valence-electron chi connectivity index (χ0n) is 9.62. The number of nitrogens with zero attached hydrogens (tertiary/aromatic N) is 2. The van der Waals surface area contributed by atoms with Crippen LogP contribution in [0.5, 0.6) is 0 Å². The van der Waals surface area contributed by atoms with Gasteiger partial charge in [0.15, 0.2) is 0 Å². The summed E-state index contributed by atoms with van der Waals surface area (Å²) in [6.45, 7) is 0. The van der Waals surface area contributed by atoms with Crippen LogP contribution in [0, 0.1) is 0 Å². The summed E-state index contributed by atoms with van der Waals surface area (Å²) in [6, 6.07) is 0. The summed E-state index contributed by atoms with van der Waals surface area (Å²) in [6.07, 6.45) is 4.40. The minimum Gasteiger partial charge on any atom is -0.357 e. The second-order valence-electron chi connectivity index (χ2n) is 4.25. The summed E-state index contributed by atoms with van der Waals surface area (Å²) in [4.78, 5) is 18.7. The third-order valence-electron chi connectivity index (χ3n) is 3.24. The highest BCUT2D eigenvalue weighted by atomic mass is 32.1. The Morgan fingerprint density at radius 3 is 2.94 bits per heavy atom. The normalized spacial score (nSPS) is 14.9. The van der Waals surface area contributed by atoms with Crippen LogP contribution < -0.4 is 16.7 Å². The topological polar surface area (TPSA) is 72.9 Å². The summed E-state index contributed by atoms with van der Waals surface area (Å²) in [5.74, 6) is 6.15. The lowest BCUT2D eigenvalue weighted by atomic mass is 9.97. The molecule has 0 spiro atoms. The van der Waals surface area contributed by atoms with Gasteiger partial charge in [-0.25, -0.2) is 4.98 Å². The molecule has 0 bridgehead atoms. The highest BCUT2D eigenvalue weighted by Gasteiger charge is 2.20. The molecule has 1 aliphatic rings. The molecule has 0 atom stereocenters. The molecular weight excluding hydrogens is 236 g/mol. The maximum Gasteiger partial charge on any atom is 0.282 e. The Balaban J connectivity index is 2.39. The van der Waals surface area contributed by atoms with Gasteiger partial charge in [0.25, 0.3) is 5.56 Å². The van der Waals surface area contributed by atoms with Crippen LogP contribution in [0.3, 0.4) is 0 Å². The second-order valence-corrected chi connectivity index (χ2v) is 5.34. The molecule has 5 nitrogen and oxygen atoms in total. The largest absolute Gasteiger partial charge is 0.357 e. The average molecular weight is 250 g/mol. The van der Waals surface area contributed by atoms with Crippen molar-refractivity contribution >= 4 is 27.5 Å². The van der Waals surface area contributed by atoms with E-state index in [1.165, 1.54) is 16.9 Å². The number of aromatic nitrogens is 2. The van der Waals surface area contributed by atoms with Gasteiger partial charge in [-0.3, -0.25) is 4.79 Å². The van der Waals surface area contributed by atoms with Gasteiger partial charge in [-0.2, -0.15) is 4.68 Å². The lowest BCUT2D eigenvalue weighted by molar-refractivity contribution is 0.699. The minimum absolute atomic E-state index is 0.140. The average Bonchev–Trinajstić information content (AvgIpc) is 2.72. The lowest BCUT2D eigenvalue weighted by Gasteiger charge is -2.10. The molecule has 3 N–H and O–H groups in total. The molecule has 0 amide bonds. The highest BCUT2D eigenvalue weighted by Crippen LogP contribution is 2.33. The molecule has 0 aromatic carbocycles. The maximum absolute atomic E-state index is 12.2. The summed E-state index contributed by atoms with van der Waals surface area (Å²) < 4.78 is 1.10. The number of nitrogen functional groups attached to an aromatic ring is 1. The van der Waals surface area contributed by atoms with Gasteiger partial charge in [0.05, 0.1) is 5.39 Å². The zero-order valence-corrected chi connectivity index (χ0v) is 10.4. The molecule has 3 rings (SSSR count). The van der Waals surface area contributed by atoms with Crippen molar-refractivity contribution in [3.63, 3.8) is 0 Å². The number of aryl methyl sites for hydroxylation is 2.